The summed E-state index contributed by atoms with van der Waals surface area (Å²) < 4.78 is 23.8. The molecule has 24 heavy (non-hydrogen) atoms. The molecule has 0 N–H and O–H groups in total. The van der Waals surface area contributed by atoms with Gasteiger partial charge in [-0.25, -0.2) is 0 Å². The zero-order valence-electron chi connectivity index (χ0n) is 15.1. The molecule has 1 aromatic carbocycles. The fourth-order valence-electron chi connectivity index (χ4n) is 3.88. The van der Waals surface area contributed by atoms with Crippen LogP contribution < -0.4 is 4.74 Å². The summed E-state index contributed by atoms with van der Waals surface area (Å²) in [5.41, 5.74) is 1.04. The highest BCUT2D eigenvalue weighted by molar-refractivity contribution is 5.26. The Morgan fingerprint density at radius 1 is 1.25 bits per heavy atom. The third kappa shape index (κ3) is 3.10. The summed E-state index contributed by atoms with van der Waals surface area (Å²) in [6, 6.07) is 7.96. The molecule has 0 spiro atoms. The monoisotopic (exact) mass is 332 g/mol. The Labute approximate surface area is 144 Å². The van der Waals surface area contributed by atoms with Gasteiger partial charge in [-0.15, -0.1) is 6.58 Å². The van der Waals surface area contributed by atoms with Crippen LogP contribution in [0.25, 0.3) is 0 Å². The van der Waals surface area contributed by atoms with E-state index in [1.54, 1.807) is 7.11 Å². The second kappa shape index (κ2) is 6.51. The quantitative estimate of drug-likeness (QED) is 0.735. The van der Waals surface area contributed by atoms with Crippen molar-refractivity contribution in [3.8, 4) is 5.75 Å². The molecule has 132 valence electrons. The Balaban J connectivity index is 1.71. The Kier molecular flexibility index (Phi) is 4.73. The molecule has 1 saturated carbocycles. The van der Waals surface area contributed by atoms with E-state index in [4.69, 9.17) is 18.9 Å². The normalized spacial score (nSPS) is 34.1. The average molecular weight is 332 g/mol. The van der Waals surface area contributed by atoms with E-state index in [2.05, 4.69) is 13.5 Å². The lowest BCUT2D eigenvalue weighted by molar-refractivity contribution is -0.177. The smallest absolute Gasteiger partial charge is 0.163 e. The molecule has 1 aromatic rings. The molecule has 1 saturated heterocycles. The lowest BCUT2D eigenvalue weighted by Gasteiger charge is -2.31. The number of fused-ring (bicyclic) bond motifs is 1. The molecule has 4 atom stereocenters. The lowest BCUT2D eigenvalue weighted by Crippen LogP contribution is -2.34. The molecular weight excluding hydrogens is 304 g/mol. The van der Waals surface area contributed by atoms with E-state index in [9.17, 15) is 0 Å². The van der Waals surface area contributed by atoms with Crippen LogP contribution >= 0.6 is 0 Å². The fourth-order valence-corrected chi connectivity index (χ4v) is 3.88. The van der Waals surface area contributed by atoms with Gasteiger partial charge < -0.3 is 18.9 Å². The zero-order valence-corrected chi connectivity index (χ0v) is 15.1. The van der Waals surface area contributed by atoms with Crippen LogP contribution in [-0.4, -0.2) is 31.2 Å². The summed E-state index contributed by atoms with van der Waals surface area (Å²) >= 11 is 0. The maximum atomic E-state index is 6.24. The second-order valence-corrected chi connectivity index (χ2v) is 7.21. The Bertz CT molecular complexity index is 580. The topological polar surface area (TPSA) is 36.9 Å². The minimum Gasteiger partial charge on any atom is -0.497 e. The molecule has 1 aliphatic heterocycles. The SMILES string of the molecule is C=C[C@@]1(CC)C[C@H](OCc2ccc(OC)cc2)[C@@H]2OC(C)(C)O[C@@H]21. The van der Waals surface area contributed by atoms with Crippen LogP contribution in [0.5, 0.6) is 5.75 Å². The van der Waals surface area contributed by atoms with Crippen LogP contribution in [-0.2, 0) is 20.8 Å². The highest BCUT2D eigenvalue weighted by atomic mass is 16.8. The van der Waals surface area contributed by atoms with Gasteiger partial charge in [-0.3, -0.25) is 0 Å². The van der Waals surface area contributed by atoms with E-state index in [0.29, 0.717) is 6.61 Å². The van der Waals surface area contributed by atoms with Crippen LogP contribution in [0, 0.1) is 5.41 Å². The molecule has 1 heterocycles. The van der Waals surface area contributed by atoms with E-state index in [1.165, 1.54) is 0 Å². The minimum absolute atomic E-state index is 0.0101. The molecule has 4 nitrogen and oxygen atoms in total. The minimum atomic E-state index is -0.569. The average Bonchev–Trinajstić information content (AvgIpc) is 3.05. The number of hydrogen-bond donors (Lipinski definition) is 0. The summed E-state index contributed by atoms with van der Waals surface area (Å²) in [4.78, 5) is 0. The Morgan fingerprint density at radius 2 is 1.96 bits per heavy atom. The first-order valence-corrected chi connectivity index (χ1v) is 8.67. The maximum Gasteiger partial charge on any atom is 0.163 e. The van der Waals surface area contributed by atoms with Gasteiger partial charge in [0.25, 0.3) is 0 Å². The van der Waals surface area contributed by atoms with E-state index < -0.39 is 5.79 Å². The van der Waals surface area contributed by atoms with E-state index in [0.717, 1.165) is 24.2 Å². The van der Waals surface area contributed by atoms with Crippen molar-refractivity contribution >= 4 is 0 Å². The van der Waals surface area contributed by atoms with Gasteiger partial charge >= 0.3 is 0 Å². The molecular formula is C20H28O4. The van der Waals surface area contributed by atoms with E-state index >= 15 is 0 Å². The summed E-state index contributed by atoms with van der Waals surface area (Å²) in [5, 5.41) is 0. The number of methoxy groups -OCH3 is 1. The van der Waals surface area contributed by atoms with Crippen molar-refractivity contribution in [2.45, 2.75) is 64.3 Å². The molecule has 0 bridgehead atoms. The van der Waals surface area contributed by atoms with Crippen molar-refractivity contribution in [3.05, 3.63) is 42.5 Å². The molecule has 0 radical (unpaired) electrons. The van der Waals surface area contributed by atoms with Crippen molar-refractivity contribution < 1.29 is 18.9 Å². The summed E-state index contributed by atoms with van der Waals surface area (Å²) in [6.45, 7) is 10.7. The first kappa shape index (κ1) is 17.5. The largest absolute Gasteiger partial charge is 0.497 e. The second-order valence-electron chi connectivity index (χ2n) is 7.21. The van der Waals surface area contributed by atoms with Crippen molar-refractivity contribution in [3.63, 3.8) is 0 Å². The number of ether oxygens (including phenoxy) is 4. The van der Waals surface area contributed by atoms with Gasteiger partial charge in [0.1, 0.15) is 11.9 Å². The summed E-state index contributed by atoms with van der Waals surface area (Å²) in [6.07, 6.45) is 3.86. The molecule has 0 aromatic heterocycles. The maximum absolute atomic E-state index is 6.24. The van der Waals surface area contributed by atoms with Crippen molar-refractivity contribution in [1.29, 1.82) is 0 Å². The Hall–Kier alpha value is -1.36. The Morgan fingerprint density at radius 3 is 2.54 bits per heavy atom. The van der Waals surface area contributed by atoms with Crippen LogP contribution in [0.4, 0.5) is 0 Å². The van der Waals surface area contributed by atoms with Gasteiger partial charge in [0, 0.05) is 5.41 Å². The van der Waals surface area contributed by atoms with Crippen LogP contribution in [0.2, 0.25) is 0 Å². The first-order chi connectivity index (χ1) is 11.4. The van der Waals surface area contributed by atoms with Gasteiger partial charge in [-0.05, 0) is 44.4 Å². The third-order valence-electron chi connectivity index (χ3n) is 5.33. The molecule has 2 fully saturated rings. The first-order valence-electron chi connectivity index (χ1n) is 8.67. The summed E-state index contributed by atoms with van der Waals surface area (Å²) in [5.74, 6) is 0.284. The van der Waals surface area contributed by atoms with Gasteiger partial charge in [0.15, 0.2) is 5.79 Å². The molecule has 4 heteroatoms. The van der Waals surface area contributed by atoms with Crippen molar-refractivity contribution in [2.24, 2.45) is 5.41 Å². The highest BCUT2D eigenvalue weighted by Crippen LogP contribution is 2.52. The lowest BCUT2D eigenvalue weighted by atomic mass is 9.81. The van der Waals surface area contributed by atoms with Crippen LogP contribution in [0.3, 0.4) is 0 Å². The highest BCUT2D eigenvalue weighted by Gasteiger charge is 2.59. The number of hydrogen-bond acceptors (Lipinski definition) is 4. The molecule has 0 unspecified atom stereocenters. The van der Waals surface area contributed by atoms with E-state index in [1.807, 2.05) is 44.2 Å². The molecule has 3 rings (SSSR count). The number of benzene rings is 1. The van der Waals surface area contributed by atoms with Gasteiger partial charge in [0.2, 0.25) is 0 Å². The van der Waals surface area contributed by atoms with Gasteiger partial charge in [-0.1, -0.05) is 25.1 Å². The third-order valence-corrected chi connectivity index (χ3v) is 5.33. The zero-order chi connectivity index (χ0) is 17.4. The summed E-state index contributed by atoms with van der Waals surface area (Å²) in [7, 11) is 1.67. The van der Waals surface area contributed by atoms with Crippen LogP contribution in [0.15, 0.2) is 36.9 Å². The van der Waals surface area contributed by atoms with Gasteiger partial charge in [0.05, 0.1) is 25.9 Å². The molecule has 1 aliphatic carbocycles. The predicted molar refractivity (Wildman–Crippen MR) is 92.9 cm³/mol. The molecule has 2 aliphatic rings. The van der Waals surface area contributed by atoms with E-state index in [-0.39, 0.29) is 23.7 Å². The molecule has 0 amide bonds. The van der Waals surface area contributed by atoms with Crippen molar-refractivity contribution in [2.75, 3.05) is 7.11 Å². The van der Waals surface area contributed by atoms with Gasteiger partial charge in [-0.2, -0.15) is 0 Å². The standard InChI is InChI=1S/C20H28O4/c1-6-20(7-2)12-16(17-18(20)24-19(3,4)23-17)22-13-14-8-10-15(21-5)11-9-14/h6,8-11,16-18H,1,7,12-13H2,2-5H3/t16-,17-,18-,20+/m0/s1. The number of rotatable bonds is 6. The van der Waals surface area contributed by atoms with Crippen LogP contribution in [0.1, 0.15) is 39.2 Å². The fraction of sp³-hybridized carbons (Fsp3) is 0.600. The van der Waals surface area contributed by atoms with Crippen molar-refractivity contribution in [1.82, 2.24) is 0 Å². The predicted octanol–water partition coefficient (Wildman–Crippen LogP) is 4.09.